The first-order chi connectivity index (χ1) is 8.47. The third-order valence-electron chi connectivity index (χ3n) is 2.78. The molecule has 96 valence electrons. The zero-order chi connectivity index (χ0) is 13.3. The van der Waals surface area contributed by atoms with Crippen molar-refractivity contribution in [2.24, 2.45) is 0 Å². The SMILES string of the molecule is Cc1nc(N)c(C)c(NCc2nc(C)c(C)o2)n1. The summed E-state index contributed by atoms with van der Waals surface area (Å²) >= 11 is 0. The Balaban J connectivity index is 2.15. The predicted molar refractivity (Wildman–Crippen MR) is 69.2 cm³/mol. The van der Waals surface area contributed by atoms with Crippen LogP contribution in [0.2, 0.25) is 0 Å². The van der Waals surface area contributed by atoms with E-state index >= 15 is 0 Å². The smallest absolute Gasteiger partial charge is 0.213 e. The number of anilines is 2. The third kappa shape index (κ3) is 2.42. The molecular weight excluding hydrogens is 230 g/mol. The molecule has 6 heteroatoms. The number of nitrogen functional groups attached to an aromatic ring is 1. The molecule has 2 heterocycles. The van der Waals surface area contributed by atoms with E-state index in [1.165, 1.54) is 0 Å². The van der Waals surface area contributed by atoms with E-state index in [9.17, 15) is 0 Å². The lowest BCUT2D eigenvalue weighted by atomic mass is 10.3. The molecular formula is C12H17N5O. The Morgan fingerprint density at radius 2 is 1.83 bits per heavy atom. The number of aromatic nitrogens is 3. The fourth-order valence-corrected chi connectivity index (χ4v) is 1.60. The predicted octanol–water partition coefficient (Wildman–Crippen LogP) is 1.89. The molecule has 2 rings (SSSR count). The maximum atomic E-state index is 5.79. The van der Waals surface area contributed by atoms with Gasteiger partial charge in [-0.15, -0.1) is 0 Å². The van der Waals surface area contributed by atoms with Gasteiger partial charge in [0.05, 0.1) is 12.2 Å². The van der Waals surface area contributed by atoms with Crippen LogP contribution in [0.3, 0.4) is 0 Å². The van der Waals surface area contributed by atoms with Gasteiger partial charge in [-0.2, -0.15) is 0 Å². The molecule has 18 heavy (non-hydrogen) atoms. The van der Waals surface area contributed by atoms with Crippen molar-refractivity contribution < 1.29 is 4.42 Å². The van der Waals surface area contributed by atoms with Gasteiger partial charge < -0.3 is 15.5 Å². The second kappa shape index (κ2) is 4.64. The van der Waals surface area contributed by atoms with Crippen molar-refractivity contribution >= 4 is 11.6 Å². The van der Waals surface area contributed by atoms with Crippen molar-refractivity contribution in [1.29, 1.82) is 0 Å². The molecule has 0 saturated carbocycles. The van der Waals surface area contributed by atoms with E-state index in [0.29, 0.717) is 29.9 Å². The largest absolute Gasteiger partial charge is 0.444 e. The monoisotopic (exact) mass is 247 g/mol. The van der Waals surface area contributed by atoms with Gasteiger partial charge in [-0.3, -0.25) is 0 Å². The molecule has 0 aliphatic heterocycles. The van der Waals surface area contributed by atoms with Crippen molar-refractivity contribution in [2.45, 2.75) is 34.2 Å². The van der Waals surface area contributed by atoms with Gasteiger partial charge in [0.2, 0.25) is 5.89 Å². The van der Waals surface area contributed by atoms with Gasteiger partial charge in [0.1, 0.15) is 23.2 Å². The number of nitrogens with zero attached hydrogens (tertiary/aromatic N) is 3. The number of hydrogen-bond acceptors (Lipinski definition) is 6. The van der Waals surface area contributed by atoms with Crippen molar-refractivity contribution in [3.63, 3.8) is 0 Å². The second-order valence-electron chi connectivity index (χ2n) is 4.23. The van der Waals surface area contributed by atoms with Gasteiger partial charge in [0.15, 0.2) is 0 Å². The zero-order valence-electron chi connectivity index (χ0n) is 11.0. The maximum absolute atomic E-state index is 5.79. The average molecular weight is 247 g/mol. The molecule has 0 aliphatic rings. The van der Waals surface area contributed by atoms with Gasteiger partial charge in [-0.05, 0) is 27.7 Å². The minimum Gasteiger partial charge on any atom is -0.444 e. The standard InChI is InChI=1S/C12H17N5O/c1-6-11(13)16-9(4)17-12(6)14-5-10-15-7(2)8(3)18-10/h5H2,1-4H3,(H3,13,14,16,17). The first kappa shape index (κ1) is 12.3. The van der Waals surface area contributed by atoms with Crippen molar-refractivity contribution in [2.75, 3.05) is 11.1 Å². The molecule has 0 spiro atoms. The third-order valence-corrected chi connectivity index (χ3v) is 2.78. The highest BCUT2D eigenvalue weighted by molar-refractivity contribution is 5.54. The van der Waals surface area contributed by atoms with Crippen LogP contribution in [-0.4, -0.2) is 15.0 Å². The number of rotatable bonds is 3. The van der Waals surface area contributed by atoms with Crippen LogP contribution in [0.1, 0.15) is 28.7 Å². The molecule has 0 unspecified atom stereocenters. The van der Waals surface area contributed by atoms with Crippen LogP contribution >= 0.6 is 0 Å². The molecule has 6 nitrogen and oxygen atoms in total. The first-order valence-electron chi connectivity index (χ1n) is 5.75. The second-order valence-corrected chi connectivity index (χ2v) is 4.23. The molecule has 0 fully saturated rings. The first-order valence-corrected chi connectivity index (χ1v) is 5.75. The normalized spacial score (nSPS) is 10.7. The summed E-state index contributed by atoms with van der Waals surface area (Å²) in [6.45, 7) is 7.97. The number of hydrogen-bond donors (Lipinski definition) is 2. The quantitative estimate of drug-likeness (QED) is 0.860. The molecule has 0 aliphatic carbocycles. The molecule has 0 saturated heterocycles. The van der Waals surface area contributed by atoms with Crippen LogP contribution in [0.4, 0.5) is 11.6 Å². The fraction of sp³-hybridized carbons (Fsp3) is 0.417. The van der Waals surface area contributed by atoms with E-state index in [1.807, 2.05) is 20.8 Å². The molecule has 3 N–H and O–H groups in total. The van der Waals surface area contributed by atoms with Crippen LogP contribution in [0.25, 0.3) is 0 Å². The summed E-state index contributed by atoms with van der Waals surface area (Å²) in [5.74, 6) is 3.32. The summed E-state index contributed by atoms with van der Waals surface area (Å²) in [5.41, 5.74) is 7.53. The van der Waals surface area contributed by atoms with Gasteiger partial charge in [0, 0.05) is 5.56 Å². The number of oxazole rings is 1. The van der Waals surface area contributed by atoms with Crippen molar-refractivity contribution in [3.8, 4) is 0 Å². The number of nitrogens with two attached hydrogens (primary N) is 1. The van der Waals surface area contributed by atoms with Crippen LogP contribution < -0.4 is 11.1 Å². The molecule has 0 amide bonds. The summed E-state index contributed by atoms with van der Waals surface area (Å²) in [5, 5.41) is 3.16. The summed E-state index contributed by atoms with van der Waals surface area (Å²) < 4.78 is 5.49. The maximum Gasteiger partial charge on any atom is 0.213 e. The molecule has 0 radical (unpaired) electrons. The van der Waals surface area contributed by atoms with Crippen LogP contribution in [-0.2, 0) is 6.54 Å². The van der Waals surface area contributed by atoms with E-state index in [4.69, 9.17) is 10.2 Å². The topological polar surface area (TPSA) is 89.9 Å². The molecule has 2 aromatic rings. The Hall–Kier alpha value is -2.11. The number of nitrogens with one attached hydrogen (secondary N) is 1. The van der Waals surface area contributed by atoms with Crippen LogP contribution in [0, 0.1) is 27.7 Å². The Morgan fingerprint density at radius 3 is 2.44 bits per heavy atom. The van der Waals surface area contributed by atoms with E-state index < -0.39 is 0 Å². The minimum absolute atomic E-state index is 0.478. The Labute approximate surface area is 106 Å². The van der Waals surface area contributed by atoms with Crippen LogP contribution in [0.15, 0.2) is 4.42 Å². The Kier molecular flexibility index (Phi) is 3.18. The lowest BCUT2D eigenvalue weighted by Crippen LogP contribution is -2.08. The average Bonchev–Trinajstić information content (AvgIpc) is 2.61. The summed E-state index contributed by atoms with van der Waals surface area (Å²) in [6.07, 6.45) is 0. The lowest BCUT2D eigenvalue weighted by molar-refractivity contribution is 0.478. The highest BCUT2D eigenvalue weighted by Crippen LogP contribution is 2.18. The van der Waals surface area contributed by atoms with Gasteiger partial charge >= 0.3 is 0 Å². The van der Waals surface area contributed by atoms with Gasteiger partial charge in [0.25, 0.3) is 0 Å². The van der Waals surface area contributed by atoms with E-state index in [0.717, 1.165) is 17.0 Å². The molecule has 0 bridgehead atoms. The van der Waals surface area contributed by atoms with Gasteiger partial charge in [-0.25, -0.2) is 15.0 Å². The van der Waals surface area contributed by atoms with E-state index in [1.54, 1.807) is 6.92 Å². The highest BCUT2D eigenvalue weighted by Gasteiger charge is 2.09. The summed E-state index contributed by atoms with van der Waals surface area (Å²) in [4.78, 5) is 12.7. The Morgan fingerprint density at radius 1 is 1.11 bits per heavy atom. The van der Waals surface area contributed by atoms with Crippen molar-refractivity contribution in [3.05, 3.63) is 28.7 Å². The fourth-order valence-electron chi connectivity index (χ4n) is 1.60. The highest BCUT2D eigenvalue weighted by atomic mass is 16.4. The molecule has 2 aromatic heterocycles. The van der Waals surface area contributed by atoms with Crippen molar-refractivity contribution in [1.82, 2.24) is 15.0 Å². The summed E-state index contributed by atoms with van der Waals surface area (Å²) in [7, 11) is 0. The number of aryl methyl sites for hydroxylation is 3. The lowest BCUT2D eigenvalue weighted by Gasteiger charge is -2.09. The van der Waals surface area contributed by atoms with E-state index in [2.05, 4.69) is 20.3 Å². The molecule has 0 aromatic carbocycles. The minimum atomic E-state index is 0.478. The molecule has 0 atom stereocenters. The van der Waals surface area contributed by atoms with E-state index in [-0.39, 0.29) is 0 Å². The summed E-state index contributed by atoms with van der Waals surface area (Å²) in [6, 6.07) is 0. The zero-order valence-corrected chi connectivity index (χ0v) is 11.0. The van der Waals surface area contributed by atoms with Gasteiger partial charge in [-0.1, -0.05) is 0 Å². The van der Waals surface area contributed by atoms with Crippen LogP contribution in [0.5, 0.6) is 0 Å². The Bertz CT molecular complexity index is 557.